The van der Waals surface area contributed by atoms with Crippen LogP contribution in [-0.2, 0) is 4.74 Å². The summed E-state index contributed by atoms with van der Waals surface area (Å²) in [6.45, 7) is 9.41. The topological polar surface area (TPSA) is 60.3 Å². The van der Waals surface area contributed by atoms with Gasteiger partial charge in [-0.1, -0.05) is 19.3 Å². The number of piperidine rings is 1. The molecule has 4 rings (SSSR count). The van der Waals surface area contributed by atoms with Crippen molar-refractivity contribution in [2.75, 3.05) is 13.1 Å². The zero-order chi connectivity index (χ0) is 17.8. The minimum Gasteiger partial charge on any atom is -0.444 e. The molecule has 0 radical (unpaired) electrons. The molecule has 2 aliphatic carbocycles. The van der Waals surface area contributed by atoms with Gasteiger partial charge in [0.2, 0.25) is 0 Å². The van der Waals surface area contributed by atoms with E-state index in [1.807, 2.05) is 25.7 Å². The van der Waals surface area contributed by atoms with Gasteiger partial charge in [-0.3, -0.25) is 0 Å². The van der Waals surface area contributed by atoms with Gasteiger partial charge >= 0.3 is 6.09 Å². The number of aryl methyl sites for hydroxylation is 1. The van der Waals surface area contributed by atoms with Crippen molar-refractivity contribution >= 4 is 6.09 Å². The van der Waals surface area contributed by atoms with Gasteiger partial charge in [0, 0.05) is 25.0 Å². The van der Waals surface area contributed by atoms with Gasteiger partial charge < -0.3 is 14.2 Å². The van der Waals surface area contributed by atoms with Crippen LogP contribution in [0.3, 0.4) is 0 Å². The van der Waals surface area contributed by atoms with Gasteiger partial charge in [-0.25, -0.2) is 4.79 Å². The molecule has 0 spiro atoms. The van der Waals surface area contributed by atoms with Gasteiger partial charge in [0.1, 0.15) is 17.2 Å². The highest BCUT2D eigenvalue weighted by molar-refractivity contribution is 5.69. The van der Waals surface area contributed by atoms with Gasteiger partial charge in [-0.05, 0) is 52.4 Å². The molecular weight excluding hydrogens is 316 g/mol. The molecular formula is C19H30N4O2. The second-order valence-electron chi connectivity index (χ2n) is 9.01. The third-order valence-electron chi connectivity index (χ3n) is 5.98. The van der Waals surface area contributed by atoms with Crippen LogP contribution in [0.4, 0.5) is 4.79 Å². The second-order valence-corrected chi connectivity index (χ2v) is 9.01. The average Bonchev–Trinajstić information content (AvgIpc) is 2.90. The molecule has 2 heterocycles. The fourth-order valence-electron chi connectivity index (χ4n) is 4.79. The number of rotatable bonds is 2. The molecule has 138 valence electrons. The van der Waals surface area contributed by atoms with Crippen LogP contribution in [-0.4, -0.2) is 44.4 Å². The summed E-state index contributed by atoms with van der Waals surface area (Å²) < 4.78 is 7.92. The lowest BCUT2D eigenvalue weighted by molar-refractivity contribution is 0.0270. The number of hydrogen-bond acceptors (Lipinski definition) is 4. The Bertz CT molecular complexity index is 645. The number of aromatic nitrogens is 3. The molecule has 1 aliphatic heterocycles. The summed E-state index contributed by atoms with van der Waals surface area (Å²) in [6, 6.07) is 0.571. The van der Waals surface area contributed by atoms with E-state index >= 15 is 0 Å². The molecule has 1 saturated heterocycles. The summed E-state index contributed by atoms with van der Waals surface area (Å²) in [5, 5.41) is 8.93. The van der Waals surface area contributed by atoms with Crippen molar-refractivity contribution in [1.82, 2.24) is 19.7 Å². The summed E-state index contributed by atoms with van der Waals surface area (Å²) in [5.41, 5.74) is -0.429. The van der Waals surface area contributed by atoms with Crippen LogP contribution in [0.15, 0.2) is 0 Å². The van der Waals surface area contributed by atoms with Crippen molar-refractivity contribution in [1.29, 1.82) is 0 Å². The van der Waals surface area contributed by atoms with E-state index in [2.05, 4.69) is 21.7 Å². The molecule has 6 nitrogen and oxygen atoms in total. The van der Waals surface area contributed by atoms with Crippen LogP contribution in [0, 0.1) is 18.8 Å². The Hall–Kier alpha value is -1.59. The van der Waals surface area contributed by atoms with Crippen LogP contribution < -0.4 is 0 Å². The Kier molecular flexibility index (Phi) is 4.04. The lowest BCUT2D eigenvalue weighted by atomic mass is 9.95. The lowest BCUT2D eigenvalue weighted by Crippen LogP contribution is -2.37. The number of ether oxygens (including phenoxy) is 1. The highest BCUT2D eigenvalue weighted by Crippen LogP contribution is 2.58. The molecule has 3 aliphatic rings. The smallest absolute Gasteiger partial charge is 0.410 e. The van der Waals surface area contributed by atoms with Gasteiger partial charge in [-0.15, -0.1) is 10.2 Å². The monoisotopic (exact) mass is 346 g/mol. The predicted octanol–water partition coefficient (Wildman–Crippen LogP) is 3.67. The van der Waals surface area contributed by atoms with Crippen molar-refractivity contribution in [3.8, 4) is 0 Å². The van der Waals surface area contributed by atoms with E-state index in [1.165, 1.54) is 37.9 Å². The highest BCUT2D eigenvalue weighted by atomic mass is 16.6. The molecule has 1 unspecified atom stereocenters. The maximum atomic E-state index is 12.3. The summed E-state index contributed by atoms with van der Waals surface area (Å²) in [7, 11) is 0. The molecule has 1 aromatic heterocycles. The van der Waals surface area contributed by atoms with E-state index in [4.69, 9.17) is 4.74 Å². The number of carbonyl (C=O) groups is 1. The molecule has 3 fully saturated rings. The lowest BCUT2D eigenvalue weighted by Gasteiger charge is -2.27. The van der Waals surface area contributed by atoms with Crippen molar-refractivity contribution in [3.63, 3.8) is 0 Å². The number of carbonyl (C=O) groups excluding carboxylic acids is 1. The maximum absolute atomic E-state index is 12.3. The molecule has 0 aromatic carbocycles. The first-order valence-electron chi connectivity index (χ1n) is 9.74. The molecule has 2 saturated carbocycles. The fourth-order valence-corrected chi connectivity index (χ4v) is 4.79. The molecule has 3 atom stereocenters. The van der Waals surface area contributed by atoms with E-state index < -0.39 is 5.60 Å². The van der Waals surface area contributed by atoms with E-state index in [-0.39, 0.29) is 6.09 Å². The second kappa shape index (κ2) is 5.99. The van der Waals surface area contributed by atoms with Crippen molar-refractivity contribution < 1.29 is 9.53 Å². The SMILES string of the molecule is Cc1nnc(C2[C@H]3CN(C(=O)OC(C)(C)C)C[C@@H]23)n1C1CCCCC1. The summed E-state index contributed by atoms with van der Waals surface area (Å²) in [5.74, 6) is 3.75. The molecule has 1 aromatic rings. The van der Waals surface area contributed by atoms with E-state index in [1.54, 1.807) is 0 Å². The first kappa shape index (κ1) is 16.9. The third-order valence-corrected chi connectivity index (χ3v) is 5.98. The first-order valence-corrected chi connectivity index (χ1v) is 9.74. The Balaban J connectivity index is 1.43. The zero-order valence-electron chi connectivity index (χ0n) is 15.9. The quantitative estimate of drug-likeness (QED) is 0.820. The minimum atomic E-state index is -0.429. The largest absolute Gasteiger partial charge is 0.444 e. The summed E-state index contributed by atoms with van der Waals surface area (Å²) in [4.78, 5) is 14.1. The van der Waals surface area contributed by atoms with Crippen LogP contribution in [0.5, 0.6) is 0 Å². The highest BCUT2D eigenvalue weighted by Gasteiger charge is 2.60. The molecule has 0 bridgehead atoms. The van der Waals surface area contributed by atoms with Crippen LogP contribution in [0.25, 0.3) is 0 Å². The van der Waals surface area contributed by atoms with Gasteiger partial charge in [0.25, 0.3) is 0 Å². The number of likely N-dealkylation sites (tertiary alicyclic amines) is 1. The van der Waals surface area contributed by atoms with Crippen molar-refractivity contribution in [3.05, 3.63) is 11.6 Å². The van der Waals surface area contributed by atoms with E-state index in [0.29, 0.717) is 23.8 Å². The third kappa shape index (κ3) is 3.15. The van der Waals surface area contributed by atoms with Crippen molar-refractivity contribution in [2.45, 2.75) is 77.4 Å². The Morgan fingerprint density at radius 1 is 1.08 bits per heavy atom. The first-order chi connectivity index (χ1) is 11.8. The van der Waals surface area contributed by atoms with Crippen LogP contribution in [0.1, 0.15) is 76.5 Å². The Morgan fingerprint density at radius 2 is 1.72 bits per heavy atom. The van der Waals surface area contributed by atoms with E-state index in [0.717, 1.165) is 18.9 Å². The van der Waals surface area contributed by atoms with Gasteiger partial charge in [-0.2, -0.15) is 0 Å². The number of nitrogens with zero attached hydrogens (tertiary/aromatic N) is 4. The molecule has 0 N–H and O–H groups in total. The number of amides is 1. The normalized spacial score (nSPS) is 29.6. The average molecular weight is 346 g/mol. The van der Waals surface area contributed by atoms with E-state index in [9.17, 15) is 4.79 Å². The predicted molar refractivity (Wildman–Crippen MR) is 94.4 cm³/mol. The molecule has 25 heavy (non-hydrogen) atoms. The fraction of sp³-hybridized carbons (Fsp3) is 0.842. The Morgan fingerprint density at radius 3 is 2.32 bits per heavy atom. The summed E-state index contributed by atoms with van der Waals surface area (Å²) >= 11 is 0. The number of hydrogen-bond donors (Lipinski definition) is 0. The van der Waals surface area contributed by atoms with Crippen LogP contribution >= 0.6 is 0 Å². The van der Waals surface area contributed by atoms with Crippen LogP contribution in [0.2, 0.25) is 0 Å². The standard InChI is InChI=1S/C19H30N4O2/c1-12-20-21-17(23(12)13-8-6-5-7-9-13)16-14-10-22(11-15(14)16)18(24)25-19(2,3)4/h13-16H,5-11H2,1-4H3/t14-,15+,16?. The molecule has 6 heteroatoms. The zero-order valence-corrected chi connectivity index (χ0v) is 15.9. The Labute approximate surface area is 149 Å². The maximum Gasteiger partial charge on any atom is 0.410 e. The number of fused-ring (bicyclic) bond motifs is 1. The van der Waals surface area contributed by atoms with Gasteiger partial charge in [0.05, 0.1) is 0 Å². The van der Waals surface area contributed by atoms with Gasteiger partial charge in [0.15, 0.2) is 0 Å². The molecule has 1 amide bonds. The summed E-state index contributed by atoms with van der Waals surface area (Å²) in [6.07, 6.45) is 6.29. The minimum absolute atomic E-state index is 0.177. The van der Waals surface area contributed by atoms with Crippen molar-refractivity contribution in [2.24, 2.45) is 11.8 Å².